The summed E-state index contributed by atoms with van der Waals surface area (Å²) in [6, 6.07) is 7.07. The standard InChI is InChI=1S/C14H19N3O2S/c1-11-4-5-12(10-15)9-14(11)20(18,19)17-8-6-13-3-2-7-16-13/h4-5,9,13,16-17H,2-3,6-8H2,1H3/t13-/m1/s1. The topological polar surface area (TPSA) is 82.0 Å². The lowest BCUT2D eigenvalue weighted by atomic mass is 10.2. The zero-order valence-corrected chi connectivity index (χ0v) is 12.3. The highest BCUT2D eigenvalue weighted by Gasteiger charge is 2.19. The van der Waals surface area contributed by atoms with Crippen LogP contribution in [0.15, 0.2) is 23.1 Å². The maximum Gasteiger partial charge on any atom is 0.240 e. The molecular formula is C14H19N3O2S. The van der Waals surface area contributed by atoms with Crippen molar-refractivity contribution in [1.82, 2.24) is 10.0 Å². The molecule has 1 aliphatic rings. The number of nitrogens with zero attached hydrogens (tertiary/aromatic N) is 1. The summed E-state index contributed by atoms with van der Waals surface area (Å²) in [6.07, 6.45) is 3.04. The summed E-state index contributed by atoms with van der Waals surface area (Å²) in [5.74, 6) is 0. The summed E-state index contributed by atoms with van der Waals surface area (Å²) >= 11 is 0. The molecule has 0 aliphatic carbocycles. The van der Waals surface area contributed by atoms with Gasteiger partial charge in [0.15, 0.2) is 0 Å². The molecule has 2 N–H and O–H groups in total. The van der Waals surface area contributed by atoms with Crippen molar-refractivity contribution in [1.29, 1.82) is 5.26 Å². The van der Waals surface area contributed by atoms with E-state index >= 15 is 0 Å². The smallest absolute Gasteiger partial charge is 0.240 e. The molecule has 1 atom stereocenters. The fourth-order valence-electron chi connectivity index (χ4n) is 2.41. The van der Waals surface area contributed by atoms with E-state index in [0.717, 1.165) is 25.8 Å². The highest BCUT2D eigenvalue weighted by molar-refractivity contribution is 7.89. The molecule has 1 heterocycles. The molecule has 1 aromatic carbocycles. The van der Waals surface area contributed by atoms with Crippen molar-refractivity contribution < 1.29 is 8.42 Å². The number of rotatable bonds is 5. The Kier molecular flexibility index (Phi) is 4.76. The van der Waals surface area contributed by atoms with Gasteiger partial charge in [-0.1, -0.05) is 6.07 Å². The fraction of sp³-hybridized carbons (Fsp3) is 0.500. The van der Waals surface area contributed by atoms with Crippen LogP contribution in [0.1, 0.15) is 30.4 Å². The van der Waals surface area contributed by atoms with Crippen molar-refractivity contribution >= 4 is 10.0 Å². The van der Waals surface area contributed by atoms with Crippen molar-refractivity contribution in [3.8, 4) is 6.07 Å². The van der Waals surface area contributed by atoms with E-state index in [1.165, 1.54) is 6.07 Å². The lowest BCUT2D eigenvalue weighted by Gasteiger charge is -2.12. The van der Waals surface area contributed by atoms with Gasteiger partial charge < -0.3 is 5.32 Å². The number of hydrogen-bond acceptors (Lipinski definition) is 4. The van der Waals surface area contributed by atoms with Gasteiger partial charge in [-0.3, -0.25) is 0 Å². The van der Waals surface area contributed by atoms with E-state index < -0.39 is 10.0 Å². The molecule has 108 valence electrons. The van der Waals surface area contributed by atoms with Gasteiger partial charge >= 0.3 is 0 Å². The average Bonchev–Trinajstić information content (AvgIpc) is 2.92. The second-order valence-electron chi connectivity index (χ2n) is 5.07. The fourth-order valence-corrected chi connectivity index (χ4v) is 3.72. The molecule has 0 aromatic heterocycles. The van der Waals surface area contributed by atoms with Crippen LogP contribution in [-0.2, 0) is 10.0 Å². The molecule has 0 amide bonds. The van der Waals surface area contributed by atoms with Crippen LogP contribution in [0.4, 0.5) is 0 Å². The Hall–Kier alpha value is -1.42. The number of aryl methyl sites for hydroxylation is 1. The van der Waals surface area contributed by atoms with E-state index in [9.17, 15) is 8.42 Å². The monoisotopic (exact) mass is 293 g/mol. The van der Waals surface area contributed by atoms with Crippen molar-refractivity contribution in [2.45, 2.75) is 37.1 Å². The van der Waals surface area contributed by atoms with Crippen LogP contribution in [0.25, 0.3) is 0 Å². The largest absolute Gasteiger partial charge is 0.314 e. The van der Waals surface area contributed by atoms with Crippen molar-refractivity contribution in [2.24, 2.45) is 0 Å². The first-order valence-corrected chi connectivity index (χ1v) is 8.25. The Labute approximate surface area is 120 Å². The second-order valence-corrected chi connectivity index (χ2v) is 6.81. The Balaban J connectivity index is 2.04. The third-order valence-corrected chi connectivity index (χ3v) is 5.16. The van der Waals surface area contributed by atoms with Gasteiger partial charge in [0.1, 0.15) is 0 Å². The Bertz CT molecular complexity index is 614. The molecule has 0 saturated carbocycles. The summed E-state index contributed by atoms with van der Waals surface area (Å²) in [6.45, 7) is 3.16. The molecule has 0 radical (unpaired) electrons. The van der Waals surface area contributed by atoms with E-state index in [1.54, 1.807) is 19.1 Å². The molecule has 1 saturated heterocycles. The number of nitriles is 1. The summed E-state index contributed by atoms with van der Waals surface area (Å²) in [5, 5.41) is 12.2. The Morgan fingerprint density at radius 3 is 2.95 bits per heavy atom. The van der Waals surface area contributed by atoms with Crippen LogP contribution in [0.5, 0.6) is 0 Å². The van der Waals surface area contributed by atoms with E-state index in [4.69, 9.17) is 5.26 Å². The van der Waals surface area contributed by atoms with Crippen LogP contribution in [0.2, 0.25) is 0 Å². The molecule has 20 heavy (non-hydrogen) atoms. The summed E-state index contributed by atoms with van der Waals surface area (Å²) in [7, 11) is -3.54. The lowest BCUT2D eigenvalue weighted by Crippen LogP contribution is -2.31. The minimum absolute atomic E-state index is 0.191. The van der Waals surface area contributed by atoms with Crippen molar-refractivity contribution in [3.63, 3.8) is 0 Å². The molecule has 1 fully saturated rings. The van der Waals surface area contributed by atoms with Crippen LogP contribution >= 0.6 is 0 Å². The van der Waals surface area contributed by atoms with Gasteiger partial charge in [-0.05, 0) is 50.4 Å². The molecule has 5 nitrogen and oxygen atoms in total. The highest BCUT2D eigenvalue weighted by atomic mass is 32.2. The molecule has 6 heteroatoms. The van der Waals surface area contributed by atoms with Gasteiger partial charge in [0.25, 0.3) is 0 Å². The van der Waals surface area contributed by atoms with Crippen LogP contribution in [-0.4, -0.2) is 27.5 Å². The molecular weight excluding hydrogens is 274 g/mol. The minimum Gasteiger partial charge on any atom is -0.314 e. The van der Waals surface area contributed by atoms with Gasteiger partial charge in [-0.2, -0.15) is 5.26 Å². The first-order valence-electron chi connectivity index (χ1n) is 6.77. The molecule has 1 aromatic rings. The zero-order valence-electron chi connectivity index (χ0n) is 11.5. The van der Waals surface area contributed by atoms with Crippen LogP contribution in [0, 0.1) is 18.3 Å². The van der Waals surface area contributed by atoms with Crippen molar-refractivity contribution in [3.05, 3.63) is 29.3 Å². The normalized spacial score (nSPS) is 18.9. The molecule has 0 bridgehead atoms. The van der Waals surface area contributed by atoms with Crippen molar-refractivity contribution in [2.75, 3.05) is 13.1 Å². The molecule has 1 aliphatic heterocycles. The summed E-state index contributed by atoms with van der Waals surface area (Å²) in [5.41, 5.74) is 1.00. The molecule has 2 rings (SSSR count). The predicted molar refractivity (Wildman–Crippen MR) is 76.7 cm³/mol. The third-order valence-electron chi connectivity index (χ3n) is 3.55. The minimum atomic E-state index is -3.54. The SMILES string of the molecule is Cc1ccc(C#N)cc1S(=O)(=O)NCC[C@H]1CCCN1. The zero-order chi connectivity index (χ0) is 14.6. The average molecular weight is 293 g/mol. The Morgan fingerprint density at radius 2 is 2.30 bits per heavy atom. The predicted octanol–water partition coefficient (Wildman–Crippen LogP) is 1.29. The van der Waals surface area contributed by atoms with Gasteiger partial charge in [0.2, 0.25) is 10.0 Å². The van der Waals surface area contributed by atoms with E-state index in [1.807, 2.05) is 6.07 Å². The quantitative estimate of drug-likeness (QED) is 0.857. The number of benzene rings is 1. The highest BCUT2D eigenvalue weighted by Crippen LogP contribution is 2.17. The van der Waals surface area contributed by atoms with Gasteiger partial charge in [-0.15, -0.1) is 0 Å². The lowest BCUT2D eigenvalue weighted by molar-refractivity contribution is 0.539. The molecule has 0 unspecified atom stereocenters. The van der Waals surface area contributed by atoms with E-state index in [-0.39, 0.29) is 4.90 Å². The first kappa shape index (κ1) is 15.0. The maximum atomic E-state index is 12.3. The van der Waals surface area contributed by atoms with Gasteiger partial charge in [0.05, 0.1) is 16.5 Å². The molecule has 0 spiro atoms. The van der Waals surface area contributed by atoms with E-state index in [0.29, 0.717) is 23.7 Å². The summed E-state index contributed by atoms with van der Waals surface area (Å²) < 4.78 is 27.1. The van der Waals surface area contributed by atoms with Gasteiger partial charge in [0, 0.05) is 12.6 Å². The first-order chi connectivity index (χ1) is 9.53. The van der Waals surface area contributed by atoms with Gasteiger partial charge in [-0.25, -0.2) is 13.1 Å². The van der Waals surface area contributed by atoms with Crippen LogP contribution in [0.3, 0.4) is 0 Å². The van der Waals surface area contributed by atoms with E-state index in [2.05, 4.69) is 10.0 Å². The maximum absolute atomic E-state index is 12.3. The summed E-state index contributed by atoms with van der Waals surface area (Å²) in [4.78, 5) is 0.191. The van der Waals surface area contributed by atoms with Crippen LogP contribution < -0.4 is 10.0 Å². The number of nitrogens with one attached hydrogen (secondary N) is 2. The number of hydrogen-bond donors (Lipinski definition) is 2. The number of sulfonamides is 1. The third kappa shape index (κ3) is 3.57. The second kappa shape index (κ2) is 6.35. The Morgan fingerprint density at radius 1 is 1.50 bits per heavy atom.